The molecule has 6 nitrogen and oxygen atoms in total. The molecule has 7 heteroatoms. The van der Waals surface area contributed by atoms with Gasteiger partial charge in [-0.05, 0) is 66.6 Å². The van der Waals surface area contributed by atoms with Crippen LogP contribution in [-0.4, -0.2) is 22.2 Å². The molecule has 1 saturated carbocycles. The van der Waals surface area contributed by atoms with Crippen molar-refractivity contribution < 1.29 is 13.9 Å². The second-order valence-corrected chi connectivity index (χ2v) is 8.23. The molecule has 1 heterocycles. The normalized spacial score (nSPS) is 14.3. The van der Waals surface area contributed by atoms with E-state index < -0.39 is 0 Å². The summed E-state index contributed by atoms with van der Waals surface area (Å²) in [4.78, 5) is 13.2. The third-order valence-corrected chi connectivity index (χ3v) is 5.81. The molecule has 0 saturated heterocycles. The zero-order chi connectivity index (χ0) is 22.1. The summed E-state index contributed by atoms with van der Waals surface area (Å²) in [7, 11) is 3.39. The number of halogens is 1. The number of rotatable bonds is 7. The number of methoxy groups -OCH3 is 1. The summed E-state index contributed by atoms with van der Waals surface area (Å²) in [6.45, 7) is 2.20. The van der Waals surface area contributed by atoms with Gasteiger partial charge in [0, 0.05) is 25.0 Å². The lowest BCUT2D eigenvalue weighted by Gasteiger charge is -2.20. The Balaban J connectivity index is 1.60. The van der Waals surface area contributed by atoms with E-state index in [2.05, 4.69) is 5.32 Å². The van der Waals surface area contributed by atoms with Gasteiger partial charge in [-0.25, -0.2) is 4.39 Å². The molecule has 1 aromatic heterocycles. The van der Waals surface area contributed by atoms with Gasteiger partial charge in [-0.2, -0.15) is 0 Å². The highest BCUT2D eigenvalue weighted by Gasteiger charge is 2.34. The number of carbonyl (C=O) groups is 1. The van der Waals surface area contributed by atoms with Crippen LogP contribution in [0.15, 0.2) is 48.8 Å². The minimum Gasteiger partial charge on any atom is -0.497 e. The lowest BCUT2D eigenvalue weighted by molar-refractivity contribution is 0.0931. The fourth-order valence-electron chi connectivity index (χ4n) is 3.84. The van der Waals surface area contributed by atoms with Crippen LogP contribution in [-0.2, 0) is 13.6 Å². The average molecular weight is 423 g/mol. The minimum absolute atomic E-state index is 0.148. The number of aromatic nitrogens is 2. The highest BCUT2D eigenvalue weighted by Crippen LogP contribution is 2.41. The van der Waals surface area contributed by atoms with E-state index in [-0.39, 0.29) is 17.8 Å². The van der Waals surface area contributed by atoms with Crippen LogP contribution in [0.3, 0.4) is 0 Å². The number of imidazole rings is 1. The Bertz CT molecular complexity index is 1180. The first-order valence-corrected chi connectivity index (χ1v) is 10.4. The molecule has 1 atom stereocenters. The van der Waals surface area contributed by atoms with E-state index in [1.165, 1.54) is 6.07 Å². The maximum absolute atomic E-state index is 13.7. The van der Waals surface area contributed by atoms with Crippen molar-refractivity contribution in [2.45, 2.75) is 32.4 Å². The maximum Gasteiger partial charge on any atom is 0.251 e. The fourth-order valence-corrected chi connectivity index (χ4v) is 3.84. The van der Waals surface area contributed by atoms with Crippen molar-refractivity contribution in [3.05, 3.63) is 82.5 Å². The number of nitrogens with one attached hydrogen (secondary N) is 2. The molecule has 31 heavy (non-hydrogen) atoms. The molecule has 0 radical (unpaired) electrons. The number of amides is 1. The zero-order valence-corrected chi connectivity index (χ0v) is 18.0. The lowest BCUT2D eigenvalue weighted by atomic mass is 9.99. The Hall–Kier alpha value is -3.35. The smallest absolute Gasteiger partial charge is 0.251 e. The first kappa shape index (κ1) is 20.9. The van der Waals surface area contributed by atoms with Crippen LogP contribution < -0.4 is 15.7 Å². The molecule has 1 aliphatic carbocycles. The summed E-state index contributed by atoms with van der Waals surface area (Å²) in [5, 5.41) is 11.3. The van der Waals surface area contributed by atoms with Crippen LogP contribution in [0.5, 0.6) is 5.75 Å². The lowest BCUT2D eigenvalue weighted by Crippen LogP contribution is -2.30. The number of aryl methyl sites for hydroxylation is 2. The molecular formula is C24H27FN4O2. The molecule has 1 unspecified atom stereocenters. The Labute approximate surface area is 180 Å². The summed E-state index contributed by atoms with van der Waals surface area (Å²) < 4.78 is 22.7. The van der Waals surface area contributed by atoms with Crippen molar-refractivity contribution in [3.63, 3.8) is 0 Å². The average Bonchev–Trinajstić information content (AvgIpc) is 3.56. The largest absolute Gasteiger partial charge is 0.497 e. The van der Waals surface area contributed by atoms with Crippen LogP contribution >= 0.6 is 0 Å². The van der Waals surface area contributed by atoms with Crippen LogP contribution in [0, 0.1) is 24.1 Å². The predicted molar refractivity (Wildman–Crippen MR) is 115 cm³/mol. The van der Waals surface area contributed by atoms with E-state index in [1.54, 1.807) is 35.3 Å². The topological polar surface area (TPSA) is 72.0 Å². The molecule has 2 N–H and O–H groups in total. The van der Waals surface area contributed by atoms with E-state index >= 15 is 0 Å². The second-order valence-electron chi connectivity index (χ2n) is 8.23. The monoisotopic (exact) mass is 422 g/mol. The van der Waals surface area contributed by atoms with Gasteiger partial charge < -0.3 is 19.2 Å². The van der Waals surface area contributed by atoms with Gasteiger partial charge in [0.2, 0.25) is 5.62 Å². The van der Waals surface area contributed by atoms with Crippen molar-refractivity contribution in [1.29, 1.82) is 5.41 Å². The summed E-state index contributed by atoms with van der Waals surface area (Å²) in [6, 6.07) is 10.3. The second kappa shape index (κ2) is 8.41. The van der Waals surface area contributed by atoms with Crippen LogP contribution in [0.4, 0.5) is 4.39 Å². The predicted octanol–water partition coefficient (Wildman–Crippen LogP) is 3.69. The molecule has 3 aromatic rings. The molecule has 162 valence electrons. The van der Waals surface area contributed by atoms with Gasteiger partial charge in [-0.15, -0.1) is 0 Å². The first-order chi connectivity index (χ1) is 14.9. The quantitative estimate of drug-likeness (QED) is 0.610. The molecule has 0 aliphatic heterocycles. The van der Waals surface area contributed by atoms with Gasteiger partial charge in [-0.1, -0.05) is 12.1 Å². The number of benzene rings is 2. The molecule has 1 fully saturated rings. The summed E-state index contributed by atoms with van der Waals surface area (Å²) in [6.07, 6.45) is 5.74. The number of carbonyl (C=O) groups excluding carboxylic acids is 1. The maximum atomic E-state index is 13.7. The summed E-state index contributed by atoms with van der Waals surface area (Å²) in [5.41, 5.74) is 3.25. The van der Waals surface area contributed by atoms with Crippen molar-refractivity contribution in [2.24, 2.45) is 13.0 Å². The Morgan fingerprint density at radius 1 is 1.26 bits per heavy atom. The van der Waals surface area contributed by atoms with Gasteiger partial charge >= 0.3 is 0 Å². The minimum atomic E-state index is -0.241. The van der Waals surface area contributed by atoms with Gasteiger partial charge in [-0.3, -0.25) is 10.2 Å². The number of hydrogen-bond donors (Lipinski definition) is 2. The van der Waals surface area contributed by atoms with Gasteiger partial charge in [0.25, 0.3) is 5.91 Å². The molecule has 1 aliphatic rings. The number of hydrogen-bond acceptors (Lipinski definition) is 3. The molecule has 2 aromatic carbocycles. The van der Waals surface area contributed by atoms with Crippen LogP contribution in [0.1, 0.15) is 45.9 Å². The van der Waals surface area contributed by atoms with E-state index in [9.17, 15) is 9.18 Å². The van der Waals surface area contributed by atoms with E-state index in [4.69, 9.17) is 10.1 Å². The van der Waals surface area contributed by atoms with E-state index in [1.807, 2.05) is 37.6 Å². The Morgan fingerprint density at radius 2 is 2.03 bits per heavy atom. The fraction of sp³-hybridized carbons (Fsp3) is 0.333. The highest BCUT2D eigenvalue weighted by molar-refractivity contribution is 5.95. The zero-order valence-electron chi connectivity index (χ0n) is 18.0. The molecule has 1 amide bonds. The Morgan fingerprint density at radius 3 is 2.65 bits per heavy atom. The van der Waals surface area contributed by atoms with Crippen molar-refractivity contribution in [2.75, 3.05) is 7.11 Å². The standard InChI is InChI=1S/C24H27FN4O2/c1-15-10-18(6-7-21(15)25)22(17-4-5-17)27-23(30)19-11-16(12-20(13-19)31-3)14-29-9-8-28(2)24(29)26/h6-13,17,22,26H,4-5,14H2,1-3H3,(H,27,30). The SMILES string of the molecule is COc1cc(Cn2ccn(C)c2=N)cc(C(=O)NC(c2ccc(F)c(C)c2)C2CC2)c1. The third kappa shape index (κ3) is 4.55. The first-order valence-electron chi connectivity index (χ1n) is 10.4. The van der Waals surface area contributed by atoms with Crippen molar-refractivity contribution in [3.8, 4) is 5.75 Å². The number of ether oxygens (including phenoxy) is 1. The summed E-state index contributed by atoms with van der Waals surface area (Å²) in [5.74, 6) is 0.522. The van der Waals surface area contributed by atoms with Crippen molar-refractivity contribution in [1.82, 2.24) is 14.5 Å². The molecule has 0 spiro atoms. The van der Waals surface area contributed by atoms with Crippen LogP contribution in [0.2, 0.25) is 0 Å². The highest BCUT2D eigenvalue weighted by atomic mass is 19.1. The van der Waals surface area contributed by atoms with Gasteiger partial charge in [0.1, 0.15) is 11.6 Å². The van der Waals surface area contributed by atoms with Crippen molar-refractivity contribution >= 4 is 5.91 Å². The number of nitrogens with zero attached hydrogens (tertiary/aromatic N) is 2. The van der Waals surface area contributed by atoms with Gasteiger partial charge in [0.15, 0.2) is 0 Å². The van der Waals surface area contributed by atoms with Gasteiger partial charge in [0.05, 0.1) is 19.7 Å². The van der Waals surface area contributed by atoms with Crippen LogP contribution in [0.25, 0.3) is 0 Å². The third-order valence-electron chi connectivity index (χ3n) is 5.81. The van der Waals surface area contributed by atoms with E-state index in [0.717, 1.165) is 24.0 Å². The molecule has 4 rings (SSSR count). The molecule has 0 bridgehead atoms. The van der Waals surface area contributed by atoms with E-state index in [0.29, 0.717) is 35.0 Å². The summed E-state index contributed by atoms with van der Waals surface area (Å²) >= 11 is 0. The molecular weight excluding hydrogens is 395 g/mol. The Kier molecular flexibility index (Phi) is 5.67.